The van der Waals surface area contributed by atoms with E-state index in [2.05, 4.69) is 207 Å². The number of hydrogen-bond donors (Lipinski definition) is 0. The quantitative estimate of drug-likeness (QED) is 0.171. The van der Waals surface area contributed by atoms with Gasteiger partial charge in [-0.3, -0.25) is 0 Å². The van der Waals surface area contributed by atoms with Gasteiger partial charge in [-0.2, -0.15) is 0 Å². The number of benzene rings is 9. The smallest absolute Gasteiger partial charge is 0.0554 e. The summed E-state index contributed by atoms with van der Waals surface area (Å²) in [6, 6.07) is 69.5. The monoisotopic (exact) mass is 719 g/mol. The van der Waals surface area contributed by atoms with E-state index in [1.165, 1.54) is 91.9 Å². The topological polar surface area (TPSA) is 3.24 Å². The lowest BCUT2D eigenvalue weighted by molar-refractivity contribution is 0.666. The van der Waals surface area contributed by atoms with Gasteiger partial charge in [0.2, 0.25) is 0 Å². The molecule has 1 nitrogen and oxygen atoms in total. The number of thiophene rings is 1. The van der Waals surface area contributed by atoms with Crippen LogP contribution in [0.5, 0.6) is 0 Å². The van der Waals surface area contributed by atoms with E-state index in [4.69, 9.17) is 0 Å². The lowest BCUT2D eigenvalue weighted by atomic mass is 9.79. The third-order valence-corrected chi connectivity index (χ3v) is 12.9. The maximum Gasteiger partial charge on any atom is 0.0554 e. The Hall–Kier alpha value is -6.48. The zero-order valence-electron chi connectivity index (χ0n) is 30.8. The van der Waals surface area contributed by atoms with Crippen LogP contribution in [-0.4, -0.2) is 0 Å². The number of anilines is 3. The minimum absolute atomic E-state index is 0.0906. The van der Waals surface area contributed by atoms with Gasteiger partial charge in [0.1, 0.15) is 0 Å². The highest BCUT2D eigenvalue weighted by Crippen LogP contribution is 2.55. The molecule has 0 fully saturated rings. The van der Waals surface area contributed by atoms with Gasteiger partial charge in [0, 0.05) is 37.0 Å². The molecule has 0 aliphatic heterocycles. The summed E-state index contributed by atoms with van der Waals surface area (Å²) in [5.41, 5.74) is 13.9. The van der Waals surface area contributed by atoms with Gasteiger partial charge in [0.05, 0.1) is 5.69 Å². The van der Waals surface area contributed by atoms with Gasteiger partial charge in [-0.25, -0.2) is 0 Å². The van der Waals surface area contributed by atoms with Gasteiger partial charge in [0.15, 0.2) is 0 Å². The van der Waals surface area contributed by atoms with Crippen LogP contribution in [0, 0.1) is 0 Å². The van der Waals surface area contributed by atoms with Crippen molar-refractivity contribution in [1.29, 1.82) is 0 Å². The average molecular weight is 720 g/mol. The normalized spacial score (nSPS) is 13.1. The maximum absolute atomic E-state index is 2.44. The van der Waals surface area contributed by atoms with Gasteiger partial charge in [-0.1, -0.05) is 147 Å². The Morgan fingerprint density at radius 3 is 1.96 bits per heavy atom. The predicted octanol–water partition coefficient (Wildman–Crippen LogP) is 15.5. The Morgan fingerprint density at radius 2 is 1.09 bits per heavy atom. The number of nitrogens with zero attached hydrogens (tertiary/aromatic N) is 1. The van der Waals surface area contributed by atoms with E-state index in [1.807, 2.05) is 11.3 Å². The number of rotatable bonds is 5. The summed E-state index contributed by atoms with van der Waals surface area (Å²) in [5, 5.41) is 7.66. The average Bonchev–Trinajstić information content (AvgIpc) is 3.74. The molecule has 0 bridgehead atoms. The molecule has 1 heterocycles. The molecule has 10 aromatic rings. The highest BCUT2D eigenvalue weighted by atomic mass is 32.1. The van der Waals surface area contributed by atoms with Crippen molar-refractivity contribution in [2.75, 3.05) is 4.90 Å². The molecule has 2 heteroatoms. The van der Waals surface area contributed by atoms with Crippen LogP contribution in [0.3, 0.4) is 0 Å². The summed E-state index contributed by atoms with van der Waals surface area (Å²) in [4.78, 5) is 2.44. The van der Waals surface area contributed by atoms with E-state index < -0.39 is 0 Å². The molecule has 9 aromatic carbocycles. The van der Waals surface area contributed by atoms with Crippen molar-refractivity contribution in [2.45, 2.75) is 19.3 Å². The largest absolute Gasteiger partial charge is 0.310 e. The third kappa shape index (κ3) is 4.99. The van der Waals surface area contributed by atoms with Crippen LogP contribution in [-0.2, 0) is 5.41 Å². The molecule has 1 aliphatic rings. The van der Waals surface area contributed by atoms with E-state index in [1.54, 1.807) is 0 Å². The van der Waals surface area contributed by atoms with Crippen LogP contribution >= 0.6 is 11.3 Å². The molecule has 11 rings (SSSR count). The summed E-state index contributed by atoms with van der Waals surface area (Å²) in [6.07, 6.45) is 0. The van der Waals surface area contributed by atoms with Crippen LogP contribution in [0.15, 0.2) is 188 Å². The first kappa shape index (κ1) is 32.0. The molecule has 55 heavy (non-hydrogen) atoms. The summed E-state index contributed by atoms with van der Waals surface area (Å²) >= 11 is 1.86. The van der Waals surface area contributed by atoms with Crippen LogP contribution in [0.1, 0.15) is 25.0 Å². The van der Waals surface area contributed by atoms with Crippen LogP contribution in [0.2, 0.25) is 0 Å². The van der Waals surface area contributed by atoms with Gasteiger partial charge in [0.25, 0.3) is 0 Å². The fraction of sp³-hybridized carbons (Fsp3) is 0.0566. The van der Waals surface area contributed by atoms with Gasteiger partial charge >= 0.3 is 0 Å². The Kier molecular flexibility index (Phi) is 7.14. The summed E-state index contributed by atoms with van der Waals surface area (Å²) in [5.74, 6) is 0. The van der Waals surface area contributed by atoms with Crippen molar-refractivity contribution in [3.05, 3.63) is 199 Å². The molecule has 0 radical (unpaired) electrons. The highest BCUT2D eigenvalue weighted by Gasteiger charge is 2.38. The molecular formula is C53H37NS. The minimum atomic E-state index is -0.0906. The summed E-state index contributed by atoms with van der Waals surface area (Å²) < 4.78 is 2.60. The molecule has 0 N–H and O–H groups in total. The van der Waals surface area contributed by atoms with Crippen molar-refractivity contribution in [2.24, 2.45) is 0 Å². The van der Waals surface area contributed by atoms with Crippen LogP contribution in [0.4, 0.5) is 17.1 Å². The molecular weight excluding hydrogens is 683 g/mol. The van der Waals surface area contributed by atoms with Gasteiger partial charge < -0.3 is 4.90 Å². The van der Waals surface area contributed by atoms with Crippen molar-refractivity contribution in [3.8, 4) is 33.4 Å². The Bertz CT molecular complexity index is 3110. The maximum atomic E-state index is 2.44. The minimum Gasteiger partial charge on any atom is -0.310 e. The first-order valence-corrected chi connectivity index (χ1v) is 19.9. The van der Waals surface area contributed by atoms with Crippen molar-refractivity contribution in [1.82, 2.24) is 0 Å². The van der Waals surface area contributed by atoms with Crippen molar-refractivity contribution in [3.63, 3.8) is 0 Å². The Labute approximate surface area is 325 Å². The zero-order valence-corrected chi connectivity index (χ0v) is 31.6. The molecule has 0 unspecified atom stereocenters. The summed E-state index contributed by atoms with van der Waals surface area (Å²) in [7, 11) is 0. The third-order valence-electron chi connectivity index (χ3n) is 11.8. The van der Waals surface area contributed by atoms with Gasteiger partial charge in [-0.15, -0.1) is 11.3 Å². The molecule has 0 saturated carbocycles. The highest BCUT2D eigenvalue weighted by molar-refractivity contribution is 7.26. The predicted molar refractivity (Wildman–Crippen MR) is 237 cm³/mol. The summed E-state index contributed by atoms with van der Waals surface area (Å²) in [6.45, 7) is 4.77. The second kappa shape index (κ2) is 12.3. The van der Waals surface area contributed by atoms with Crippen molar-refractivity contribution < 1.29 is 0 Å². The van der Waals surface area contributed by atoms with Crippen LogP contribution < -0.4 is 4.90 Å². The molecule has 1 aromatic heterocycles. The first-order chi connectivity index (χ1) is 27.0. The second-order valence-corrected chi connectivity index (χ2v) is 16.4. The molecule has 0 saturated heterocycles. The van der Waals surface area contributed by atoms with Crippen molar-refractivity contribution >= 4 is 70.1 Å². The Morgan fingerprint density at radius 1 is 0.436 bits per heavy atom. The zero-order chi connectivity index (χ0) is 36.7. The lowest BCUT2D eigenvalue weighted by Crippen LogP contribution is -2.15. The van der Waals surface area contributed by atoms with E-state index in [0.29, 0.717) is 0 Å². The molecule has 1 aliphatic carbocycles. The Balaban J connectivity index is 1.08. The van der Waals surface area contributed by atoms with Crippen LogP contribution in [0.25, 0.3) is 75.1 Å². The number of hydrogen-bond acceptors (Lipinski definition) is 2. The molecule has 0 spiro atoms. The fourth-order valence-corrected chi connectivity index (χ4v) is 10.4. The van der Waals surface area contributed by atoms with Gasteiger partial charge in [-0.05, 0) is 121 Å². The number of fused-ring (bicyclic) bond motifs is 9. The molecule has 260 valence electrons. The SMILES string of the molecule is CC1(C)c2ccccc2-c2c(-c3ccc4cc(N(c5ccc(-c6ccccc6)cc5)c5cccc6sc7ccccc7c56)ccc4c3)cc3ccccc3c21. The standard InChI is InChI=1S/C53H37NS/c1-53(2)46-19-10-8-17-43(46)50-45(33-38-15-6-7-16-42(38)52(50)53)39-24-23-37-32-41(30-27-36(37)31-39)54(40-28-25-35(26-29-40)34-13-4-3-5-14-34)47-20-12-22-49-51(47)44-18-9-11-21-48(44)55-49/h3-33H,1-2H3. The van der Waals surface area contributed by atoms with E-state index in [-0.39, 0.29) is 5.41 Å². The van der Waals surface area contributed by atoms with E-state index >= 15 is 0 Å². The first-order valence-electron chi connectivity index (χ1n) is 19.1. The lowest BCUT2D eigenvalue weighted by Gasteiger charge is -2.27. The second-order valence-electron chi connectivity index (χ2n) is 15.3. The fourth-order valence-electron chi connectivity index (χ4n) is 9.23. The van der Waals surface area contributed by atoms with E-state index in [0.717, 1.165) is 11.4 Å². The molecule has 0 amide bonds. The molecule has 0 atom stereocenters. The van der Waals surface area contributed by atoms with E-state index in [9.17, 15) is 0 Å².